The number of hydrogen-bond donors (Lipinski definition) is 3. The van der Waals surface area contributed by atoms with Crippen molar-refractivity contribution >= 4 is 22.8 Å². The maximum absolute atomic E-state index is 15.1. The molecule has 3 aliphatic heterocycles. The SMILES string of the molecule is CC(C)OC(=O)NC1CCN(c2ccc(-c3nc4cc(O[C@@H]5CO[C@H]6[C@@H]5OC[C@H]6O)[nH]c4cc3F)cc2)CC1. The van der Waals surface area contributed by atoms with Crippen LogP contribution in [0.2, 0.25) is 0 Å². The molecule has 1 aromatic carbocycles. The Labute approximate surface area is 225 Å². The van der Waals surface area contributed by atoms with Crippen LogP contribution in [0.5, 0.6) is 5.88 Å². The van der Waals surface area contributed by atoms with Crippen molar-refractivity contribution in [3.63, 3.8) is 0 Å². The zero-order chi connectivity index (χ0) is 27.1. The standard InChI is InChI=1S/C28H33FN4O6/c1-15(2)38-28(35)30-17-7-9-33(10-8-17)18-5-3-16(4-6-18)25-19(29)11-20-21(32-25)12-24(31-20)39-23-14-37-26-22(34)13-36-27(23)26/h3-6,11-12,15,17,22-23,26-27,31,34H,7-10,13-14H2,1-2H3,(H,30,35)/t22-,23-,26-,27-/m1/s1. The van der Waals surface area contributed by atoms with E-state index in [1.165, 1.54) is 6.07 Å². The van der Waals surface area contributed by atoms with Crippen molar-refractivity contribution in [2.24, 2.45) is 0 Å². The second-order valence-corrected chi connectivity index (χ2v) is 10.6. The van der Waals surface area contributed by atoms with Gasteiger partial charge in [-0.2, -0.15) is 0 Å². The highest BCUT2D eigenvalue weighted by atomic mass is 19.1. The van der Waals surface area contributed by atoms with E-state index in [2.05, 4.69) is 20.2 Å². The molecule has 1 amide bonds. The van der Waals surface area contributed by atoms with Crippen LogP contribution < -0.4 is 15.0 Å². The van der Waals surface area contributed by atoms with Crippen molar-refractivity contribution in [1.29, 1.82) is 0 Å². The van der Waals surface area contributed by atoms with Crippen molar-refractivity contribution in [2.75, 3.05) is 31.2 Å². The van der Waals surface area contributed by atoms with Crippen LogP contribution in [0.4, 0.5) is 14.9 Å². The number of benzene rings is 1. The summed E-state index contributed by atoms with van der Waals surface area (Å²) in [5, 5.41) is 12.9. The molecule has 4 atom stereocenters. The van der Waals surface area contributed by atoms with E-state index in [0.717, 1.165) is 31.6 Å². The Kier molecular flexibility index (Phi) is 7.05. The van der Waals surface area contributed by atoms with Crippen LogP contribution in [0.1, 0.15) is 26.7 Å². The van der Waals surface area contributed by atoms with E-state index in [1.807, 2.05) is 38.1 Å². The molecule has 10 nitrogen and oxygen atoms in total. The number of carbonyl (C=O) groups excluding carboxylic acids is 1. The Balaban J connectivity index is 1.10. The van der Waals surface area contributed by atoms with Gasteiger partial charge in [0, 0.05) is 42.5 Å². The largest absolute Gasteiger partial charge is 0.470 e. The first kappa shape index (κ1) is 25.8. The van der Waals surface area contributed by atoms with Gasteiger partial charge in [0.2, 0.25) is 0 Å². The lowest BCUT2D eigenvalue weighted by molar-refractivity contribution is 0.00794. The topological polar surface area (TPSA) is 118 Å². The van der Waals surface area contributed by atoms with Gasteiger partial charge in [-0.15, -0.1) is 0 Å². The summed E-state index contributed by atoms with van der Waals surface area (Å²) in [6, 6.07) is 10.9. The van der Waals surface area contributed by atoms with Crippen molar-refractivity contribution in [1.82, 2.24) is 15.3 Å². The summed E-state index contributed by atoms with van der Waals surface area (Å²) in [6.45, 7) is 5.79. The first-order valence-electron chi connectivity index (χ1n) is 13.4. The lowest BCUT2D eigenvalue weighted by Gasteiger charge is -2.34. The molecular weight excluding hydrogens is 507 g/mol. The highest BCUT2D eigenvalue weighted by molar-refractivity contribution is 5.81. The molecule has 208 valence electrons. The number of aliphatic hydroxyl groups excluding tert-OH is 1. The number of nitrogens with one attached hydrogen (secondary N) is 2. The molecule has 2 aromatic heterocycles. The molecule has 5 heterocycles. The number of rotatable bonds is 6. The lowest BCUT2D eigenvalue weighted by atomic mass is 10.0. The lowest BCUT2D eigenvalue weighted by Crippen LogP contribution is -2.45. The Hall–Kier alpha value is -3.41. The predicted molar refractivity (Wildman–Crippen MR) is 141 cm³/mol. The molecule has 39 heavy (non-hydrogen) atoms. The minimum absolute atomic E-state index is 0.0897. The number of amides is 1. The van der Waals surface area contributed by atoms with E-state index in [1.54, 1.807) is 6.07 Å². The fraction of sp³-hybridized carbons (Fsp3) is 0.500. The highest BCUT2D eigenvalue weighted by Gasteiger charge is 2.48. The molecule has 0 aliphatic carbocycles. The van der Waals surface area contributed by atoms with E-state index in [4.69, 9.17) is 18.9 Å². The van der Waals surface area contributed by atoms with E-state index >= 15 is 4.39 Å². The number of aromatic amines is 1. The fourth-order valence-corrected chi connectivity index (χ4v) is 5.51. The molecule has 0 spiro atoms. The third-order valence-electron chi connectivity index (χ3n) is 7.46. The molecule has 3 N–H and O–H groups in total. The van der Waals surface area contributed by atoms with Crippen LogP contribution in [-0.4, -0.2) is 84.0 Å². The number of nitrogens with zero attached hydrogens (tertiary/aromatic N) is 2. The molecule has 3 fully saturated rings. The number of hydrogen-bond acceptors (Lipinski definition) is 8. The first-order chi connectivity index (χ1) is 18.8. The Morgan fingerprint density at radius 1 is 1.15 bits per heavy atom. The molecule has 0 bridgehead atoms. The van der Waals surface area contributed by atoms with Crippen LogP contribution in [0.25, 0.3) is 22.3 Å². The number of aromatic nitrogens is 2. The second-order valence-electron chi connectivity index (χ2n) is 10.6. The monoisotopic (exact) mass is 540 g/mol. The molecule has 0 radical (unpaired) electrons. The van der Waals surface area contributed by atoms with Gasteiger partial charge >= 0.3 is 6.09 Å². The summed E-state index contributed by atoms with van der Waals surface area (Å²) >= 11 is 0. The Morgan fingerprint density at radius 3 is 2.64 bits per heavy atom. The van der Waals surface area contributed by atoms with Crippen LogP contribution in [0.15, 0.2) is 36.4 Å². The zero-order valence-electron chi connectivity index (χ0n) is 21.9. The molecule has 3 aromatic rings. The maximum Gasteiger partial charge on any atom is 0.407 e. The average Bonchev–Trinajstić information content (AvgIpc) is 3.60. The number of piperidine rings is 1. The van der Waals surface area contributed by atoms with Gasteiger partial charge < -0.3 is 39.3 Å². The van der Waals surface area contributed by atoms with Gasteiger partial charge in [0.15, 0.2) is 17.8 Å². The summed E-state index contributed by atoms with van der Waals surface area (Å²) < 4.78 is 37.5. The van der Waals surface area contributed by atoms with Crippen molar-refractivity contribution in [2.45, 2.75) is 63.3 Å². The number of pyridine rings is 1. The summed E-state index contributed by atoms with van der Waals surface area (Å²) in [5.74, 6) is 0.00864. The number of ether oxygens (including phenoxy) is 4. The van der Waals surface area contributed by atoms with Gasteiger partial charge in [-0.3, -0.25) is 0 Å². The smallest absolute Gasteiger partial charge is 0.407 e. The van der Waals surface area contributed by atoms with Gasteiger partial charge in [-0.05, 0) is 38.8 Å². The summed E-state index contributed by atoms with van der Waals surface area (Å²) in [6.07, 6.45) is -0.624. The minimum atomic E-state index is -0.653. The molecule has 0 saturated carbocycles. The van der Waals surface area contributed by atoms with E-state index in [9.17, 15) is 9.90 Å². The van der Waals surface area contributed by atoms with Crippen LogP contribution in [-0.2, 0) is 14.2 Å². The van der Waals surface area contributed by atoms with E-state index in [-0.39, 0.29) is 48.9 Å². The highest BCUT2D eigenvalue weighted by Crippen LogP contribution is 2.32. The minimum Gasteiger partial charge on any atom is -0.470 e. The number of H-pyrrole nitrogens is 1. The van der Waals surface area contributed by atoms with Crippen molar-refractivity contribution in [3.8, 4) is 17.1 Å². The number of aliphatic hydroxyl groups is 1. The van der Waals surface area contributed by atoms with Gasteiger partial charge in [-0.25, -0.2) is 14.2 Å². The fourth-order valence-electron chi connectivity index (χ4n) is 5.51. The predicted octanol–water partition coefficient (Wildman–Crippen LogP) is 3.38. The number of anilines is 1. The van der Waals surface area contributed by atoms with Gasteiger partial charge in [0.1, 0.15) is 24.0 Å². The number of halogens is 1. The quantitative estimate of drug-likeness (QED) is 0.436. The second kappa shape index (κ2) is 10.6. The van der Waals surface area contributed by atoms with Gasteiger partial charge in [0.05, 0.1) is 30.4 Å². The first-order valence-corrected chi connectivity index (χ1v) is 13.4. The van der Waals surface area contributed by atoms with Gasteiger partial charge in [-0.1, -0.05) is 12.1 Å². The summed E-state index contributed by atoms with van der Waals surface area (Å²) in [5.41, 5.74) is 3.09. The molecule has 6 rings (SSSR count). The Bertz CT molecular complexity index is 1320. The number of fused-ring (bicyclic) bond motifs is 2. The third-order valence-corrected chi connectivity index (χ3v) is 7.46. The number of carbonyl (C=O) groups is 1. The van der Waals surface area contributed by atoms with Crippen LogP contribution >= 0.6 is 0 Å². The third kappa shape index (κ3) is 5.39. The van der Waals surface area contributed by atoms with Gasteiger partial charge in [0.25, 0.3) is 0 Å². The summed E-state index contributed by atoms with van der Waals surface area (Å²) in [4.78, 5) is 21.8. The molecular formula is C28H33FN4O6. The summed E-state index contributed by atoms with van der Waals surface area (Å²) in [7, 11) is 0. The van der Waals surface area contributed by atoms with Crippen LogP contribution in [0.3, 0.4) is 0 Å². The molecule has 11 heteroatoms. The van der Waals surface area contributed by atoms with Crippen molar-refractivity contribution in [3.05, 3.63) is 42.2 Å². The maximum atomic E-state index is 15.1. The molecule has 3 aliphatic rings. The molecule has 3 saturated heterocycles. The van der Waals surface area contributed by atoms with E-state index in [0.29, 0.717) is 29.1 Å². The van der Waals surface area contributed by atoms with E-state index < -0.39 is 11.9 Å². The normalized spacial score (nSPS) is 25.3. The molecule has 0 unspecified atom stereocenters. The average molecular weight is 541 g/mol. The Morgan fingerprint density at radius 2 is 1.90 bits per heavy atom. The van der Waals surface area contributed by atoms with Crippen LogP contribution in [0, 0.1) is 5.82 Å². The number of alkyl carbamates (subject to hydrolysis) is 1. The zero-order valence-corrected chi connectivity index (χ0v) is 21.9. The van der Waals surface area contributed by atoms with Crippen molar-refractivity contribution < 1.29 is 33.2 Å².